The van der Waals surface area contributed by atoms with Gasteiger partial charge in [0.05, 0.1) is 24.7 Å². The van der Waals surface area contributed by atoms with Gasteiger partial charge in [-0.2, -0.15) is 0 Å². The predicted octanol–water partition coefficient (Wildman–Crippen LogP) is 3.69. The van der Waals surface area contributed by atoms with Gasteiger partial charge < -0.3 is 19.7 Å². The summed E-state index contributed by atoms with van der Waals surface area (Å²) in [5.74, 6) is 2.11. The van der Waals surface area contributed by atoms with Gasteiger partial charge in [-0.3, -0.25) is 0 Å². The van der Waals surface area contributed by atoms with Crippen molar-refractivity contribution in [2.24, 2.45) is 0 Å². The predicted molar refractivity (Wildman–Crippen MR) is 88.4 cm³/mol. The van der Waals surface area contributed by atoms with E-state index in [4.69, 9.17) is 19.7 Å². The van der Waals surface area contributed by atoms with Crippen molar-refractivity contribution in [3.8, 4) is 0 Å². The lowest BCUT2D eigenvalue weighted by atomic mass is 10.1. The first kappa shape index (κ1) is 19.0. The molecule has 0 aromatic carbocycles. The summed E-state index contributed by atoms with van der Waals surface area (Å²) in [7, 11) is 0. The number of rotatable bonds is 14. The lowest BCUT2D eigenvalue weighted by Crippen LogP contribution is -2.03. The summed E-state index contributed by atoms with van der Waals surface area (Å²) >= 11 is 0. The van der Waals surface area contributed by atoms with Crippen molar-refractivity contribution in [3.05, 3.63) is 23.7 Å². The topological polar surface area (TPSA) is 58.9 Å². The number of allylic oxidation sites excluding steroid dienone is 4. The van der Waals surface area contributed by atoms with Crippen molar-refractivity contribution in [2.45, 2.75) is 64.2 Å². The maximum Gasteiger partial charge on any atom is 0.0965 e. The van der Waals surface area contributed by atoms with Gasteiger partial charge in [0.25, 0.3) is 0 Å². The third-order valence-corrected chi connectivity index (χ3v) is 3.75. The minimum Gasteiger partial charge on any atom is -0.498 e. The molecule has 0 aromatic rings. The van der Waals surface area contributed by atoms with E-state index >= 15 is 0 Å². The van der Waals surface area contributed by atoms with Gasteiger partial charge >= 0.3 is 0 Å². The SMILES string of the molecule is OCCCCCCOC1=CC=C(OCCCCCCO)CC1. The molecule has 128 valence electrons. The first-order chi connectivity index (χ1) is 10.9. The molecule has 2 N–H and O–H groups in total. The van der Waals surface area contributed by atoms with E-state index in [1.807, 2.05) is 12.2 Å². The van der Waals surface area contributed by atoms with E-state index in [1.54, 1.807) is 0 Å². The van der Waals surface area contributed by atoms with E-state index < -0.39 is 0 Å². The Bertz CT molecular complexity index is 291. The molecule has 0 fully saturated rings. The molecular formula is C18H32O4. The van der Waals surface area contributed by atoms with Gasteiger partial charge in [-0.15, -0.1) is 0 Å². The van der Waals surface area contributed by atoms with E-state index in [2.05, 4.69) is 0 Å². The maximum atomic E-state index is 8.70. The molecule has 0 unspecified atom stereocenters. The Morgan fingerprint density at radius 3 is 1.41 bits per heavy atom. The van der Waals surface area contributed by atoms with Crippen LogP contribution in [-0.2, 0) is 9.47 Å². The number of aliphatic hydroxyl groups is 2. The van der Waals surface area contributed by atoms with Crippen molar-refractivity contribution in [1.29, 1.82) is 0 Å². The third kappa shape index (κ3) is 9.85. The van der Waals surface area contributed by atoms with Crippen LogP contribution in [0.4, 0.5) is 0 Å². The lowest BCUT2D eigenvalue weighted by molar-refractivity contribution is 0.169. The van der Waals surface area contributed by atoms with E-state index in [0.717, 1.165) is 88.9 Å². The molecule has 4 nitrogen and oxygen atoms in total. The molecule has 0 spiro atoms. The van der Waals surface area contributed by atoms with Gasteiger partial charge in [0.15, 0.2) is 0 Å². The summed E-state index contributed by atoms with van der Waals surface area (Å²) in [5, 5.41) is 17.4. The number of ether oxygens (including phenoxy) is 2. The van der Waals surface area contributed by atoms with Crippen LogP contribution < -0.4 is 0 Å². The van der Waals surface area contributed by atoms with Crippen molar-refractivity contribution in [1.82, 2.24) is 0 Å². The average molecular weight is 312 g/mol. The van der Waals surface area contributed by atoms with Crippen molar-refractivity contribution < 1.29 is 19.7 Å². The molecule has 0 heterocycles. The van der Waals surface area contributed by atoms with Gasteiger partial charge in [-0.1, -0.05) is 12.8 Å². The fourth-order valence-electron chi connectivity index (χ4n) is 2.38. The van der Waals surface area contributed by atoms with Gasteiger partial charge in [0.2, 0.25) is 0 Å². The van der Waals surface area contributed by atoms with Crippen LogP contribution >= 0.6 is 0 Å². The Kier molecular flexibility index (Phi) is 11.8. The van der Waals surface area contributed by atoms with Crippen LogP contribution in [0.1, 0.15) is 64.2 Å². The highest BCUT2D eigenvalue weighted by Gasteiger charge is 2.08. The summed E-state index contributed by atoms with van der Waals surface area (Å²) in [4.78, 5) is 0. The minimum absolute atomic E-state index is 0.293. The average Bonchev–Trinajstić information content (AvgIpc) is 2.55. The van der Waals surface area contributed by atoms with Crippen LogP contribution in [0.5, 0.6) is 0 Å². The van der Waals surface area contributed by atoms with Crippen molar-refractivity contribution in [3.63, 3.8) is 0 Å². The van der Waals surface area contributed by atoms with E-state index in [0.29, 0.717) is 13.2 Å². The molecule has 0 atom stereocenters. The molecule has 4 heteroatoms. The highest BCUT2D eigenvalue weighted by molar-refractivity contribution is 5.17. The minimum atomic E-state index is 0.293. The maximum absolute atomic E-state index is 8.70. The normalized spacial score (nSPS) is 14.5. The number of aliphatic hydroxyl groups excluding tert-OH is 2. The van der Waals surface area contributed by atoms with E-state index in [9.17, 15) is 0 Å². The second-order valence-electron chi connectivity index (χ2n) is 5.74. The molecular weight excluding hydrogens is 280 g/mol. The molecule has 22 heavy (non-hydrogen) atoms. The Balaban J connectivity index is 2.03. The zero-order chi connectivity index (χ0) is 15.9. The second-order valence-corrected chi connectivity index (χ2v) is 5.74. The molecule has 1 rings (SSSR count). The van der Waals surface area contributed by atoms with Crippen LogP contribution in [0.3, 0.4) is 0 Å². The Labute approximate surface area is 134 Å². The first-order valence-electron chi connectivity index (χ1n) is 8.74. The van der Waals surface area contributed by atoms with E-state index in [-0.39, 0.29) is 0 Å². The van der Waals surface area contributed by atoms with Crippen molar-refractivity contribution >= 4 is 0 Å². The smallest absolute Gasteiger partial charge is 0.0965 e. The standard InChI is InChI=1S/C18H32O4/c19-13-5-1-3-7-15-21-17-9-11-18(12-10-17)22-16-8-4-2-6-14-20/h9,11,19-20H,1-8,10,12-16H2. The highest BCUT2D eigenvalue weighted by atomic mass is 16.5. The third-order valence-electron chi connectivity index (χ3n) is 3.75. The van der Waals surface area contributed by atoms with Crippen LogP contribution in [0, 0.1) is 0 Å². The molecule has 0 aliphatic heterocycles. The molecule has 0 aromatic heterocycles. The molecule has 0 bridgehead atoms. The zero-order valence-corrected chi connectivity index (χ0v) is 13.8. The molecule has 0 radical (unpaired) electrons. The van der Waals surface area contributed by atoms with E-state index in [1.165, 1.54) is 0 Å². The van der Waals surface area contributed by atoms with Crippen LogP contribution in [-0.4, -0.2) is 36.6 Å². The highest BCUT2D eigenvalue weighted by Crippen LogP contribution is 2.20. The van der Waals surface area contributed by atoms with Gasteiger partial charge in [0, 0.05) is 26.1 Å². The molecule has 1 aliphatic rings. The largest absolute Gasteiger partial charge is 0.498 e. The quantitative estimate of drug-likeness (QED) is 0.480. The monoisotopic (exact) mass is 312 g/mol. The fourth-order valence-corrected chi connectivity index (χ4v) is 2.38. The van der Waals surface area contributed by atoms with Gasteiger partial charge in [0.1, 0.15) is 0 Å². The lowest BCUT2D eigenvalue weighted by Gasteiger charge is -2.16. The Hall–Kier alpha value is -1.00. The van der Waals surface area contributed by atoms with Gasteiger partial charge in [-0.05, 0) is 50.7 Å². The summed E-state index contributed by atoms with van der Waals surface area (Å²) < 4.78 is 11.5. The Morgan fingerprint density at radius 2 is 1.05 bits per heavy atom. The molecule has 1 aliphatic carbocycles. The Morgan fingerprint density at radius 1 is 0.636 bits per heavy atom. The number of hydrogen-bond donors (Lipinski definition) is 2. The summed E-state index contributed by atoms with van der Waals surface area (Å²) in [6.07, 6.45) is 14.2. The number of unbranched alkanes of at least 4 members (excludes halogenated alkanes) is 6. The molecule has 0 amide bonds. The van der Waals surface area contributed by atoms with Crippen LogP contribution in [0.15, 0.2) is 23.7 Å². The summed E-state index contributed by atoms with van der Waals surface area (Å²) in [5.41, 5.74) is 0. The first-order valence-corrected chi connectivity index (χ1v) is 8.74. The van der Waals surface area contributed by atoms with Gasteiger partial charge in [-0.25, -0.2) is 0 Å². The summed E-state index contributed by atoms with van der Waals surface area (Å²) in [6.45, 7) is 2.13. The second kappa shape index (κ2) is 13.6. The van der Waals surface area contributed by atoms with Crippen molar-refractivity contribution in [2.75, 3.05) is 26.4 Å². The fraction of sp³-hybridized carbons (Fsp3) is 0.778. The zero-order valence-electron chi connectivity index (χ0n) is 13.8. The van der Waals surface area contributed by atoms with Crippen LogP contribution in [0.2, 0.25) is 0 Å². The molecule has 0 saturated carbocycles. The van der Waals surface area contributed by atoms with Crippen LogP contribution in [0.25, 0.3) is 0 Å². The number of hydrogen-bond acceptors (Lipinski definition) is 4. The summed E-state index contributed by atoms with van der Waals surface area (Å²) in [6, 6.07) is 0. The molecule has 0 saturated heterocycles.